The predicted molar refractivity (Wildman–Crippen MR) is 70.5 cm³/mol. The molecule has 2 rings (SSSR count). The van der Waals surface area contributed by atoms with Gasteiger partial charge < -0.3 is 10.6 Å². The van der Waals surface area contributed by atoms with Gasteiger partial charge in [0.2, 0.25) is 0 Å². The number of aromatic nitrogens is 2. The van der Waals surface area contributed by atoms with E-state index in [1.165, 1.54) is 0 Å². The molecule has 1 aromatic rings. The zero-order valence-corrected chi connectivity index (χ0v) is 10.9. The number of nitrogens with one attached hydrogen (secondary N) is 2. The minimum Gasteiger partial charge on any atom is -0.369 e. The summed E-state index contributed by atoms with van der Waals surface area (Å²) in [5.74, 6) is 1.24. The summed E-state index contributed by atoms with van der Waals surface area (Å²) in [5, 5.41) is 14.0. The summed E-state index contributed by atoms with van der Waals surface area (Å²) in [7, 11) is 0. The molecule has 1 heterocycles. The number of hydrogen-bond acceptors (Lipinski definition) is 4. The van der Waals surface area contributed by atoms with Crippen LogP contribution in [0.2, 0.25) is 0 Å². The zero-order chi connectivity index (χ0) is 13.0. The van der Waals surface area contributed by atoms with Crippen molar-refractivity contribution in [2.75, 3.05) is 11.9 Å². The van der Waals surface area contributed by atoms with E-state index in [-0.39, 0.29) is 5.91 Å². The standard InChI is InChI=1S/C13H20N4O/c1-3-7-14-12-6-5-10(16-17-12)13(18)15-11-8-9(11)4-2/h5-6,9,11H,3-4,7-8H2,1-2H3,(H,14,17)(H,15,18). The SMILES string of the molecule is CCCNc1ccc(C(=O)NC2CC2CC)nn1. The van der Waals surface area contributed by atoms with Crippen molar-refractivity contribution in [3.8, 4) is 0 Å². The molecule has 2 N–H and O–H groups in total. The van der Waals surface area contributed by atoms with Crippen molar-refractivity contribution in [2.24, 2.45) is 5.92 Å². The minimum absolute atomic E-state index is 0.120. The van der Waals surface area contributed by atoms with Crippen LogP contribution in [0.25, 0.3) is 0 Å². The number of nitrogens with zero attached hydrogens (tertiary/aromatic N) is 2. The number of carbonyl (C=O) groups is 1. The molecule has 1 amide bonds. The number of amides is 1. The number of hydrogen-bond donors (Lipinski definition) is 2. The van der Waals surface area contributed by atoms with Gasteiger partial charge in [-0.25, -0.2) is 0 Å². The molecule has 1 saturated carbocycles. The van der Waals surface area contributed by atoms with Gasteiger partial charge >= 0.3 is 0 Å². The van der Waals surface area contributed by atoms with Gasteiger partial charge in [-0.05, 0) is 30.9 Å². The first-order valence-electron chi connectivity index (χ1n) is 6.63. The molecule has 0 aromatic carbocycles. The van der Waals surface area contributed by atoms with Crippen molar-refractivity contribution in [1.29, 1.82) is 0 Å². The Hall–Kier alpha value is -1.65. The Morgan fingerprint density at radius 1 is 1.39 bits per heavy atom. The Morgan fingerprint density at radius 2 is 2.22 bits per heavy atom. The summed E-state index contributed by atoms with van der Waals surface area (Å²) < 4.78 is 0. The molecule has 2 unspecified atom stereocenters. The van der Waals surface area contributed by atoms with Crippen molar-refractivity contribution >= 4 is 11.7 Å². The maximum absolute atomic E-state index is 11.8. The molecule has 18 heavy (non-hydrogen) atoms. The summed E-state index contributed by atoms with van der Waals surface area (Å²) in [6.45, 7) is 5.09. The quantitative estimate of drug-likeness (QED) is 0.806. The van der Waals surface area contributed by atoms with E-state index in [0.29, 0.717) is 23.5 Å². The summed E-state index contributed by atoms with van der Waals surface area (Å²) in [6, 6.07) is 3.84. The van der Waals surface area contributed by atoms with Gasteiger partial charge in [0.15, 0.2) is 5.69 Å². The van der Waals surface area contributed by atoms with E-state index in [1.54, 1.807) is 12.1 Å². The van der Waals surface area contributed by atoms with Crippen LogP contribution in [0, 0.1) is 5.92 Å². The van der Waals surface area contributed by atoms with E-state index in [0.717, 1.165) is 25.8 Å². The highest BCUT2D eigenvalue weighted by Crippen LogP contribution is 2.33. The van der Waals surface area contributed by atoms with Crippen molar-refractivity contribution in [3.63, 3.8) is 0 Å². The van der Waals surface area contributed by atoms with Crippen LogP contribution in [-0.2, 0) is 0 Å². The fourth-order valence-corrected chi connectivity index (χ4v) is 1.92. The average molecular weight is 248 g/mol. The Morgan fingerprint density at radius 3 is 2.78 bits per heavy atom. The Balaban J connectivity index is 1.86. The van der Waals surface area contributed by atoms with E-state index in [2.05, 4.69) is 34.7 Å². The highest BCUT2D eigenvalue weighted by molar-refractivity contribution is 5.92. The van der Waals surface area contributed by atoms with Gasteiger partial charge in [-0.1, -0.05) is 20.3 Å². The van der Waals surface area contributed by atoms with E-state index in [4.69, 9.17) is 0 Å². The molecule has 0 saturated heterocycles. The molecule has 98 valence electrons. The molecular weight excluding hydrogens is 228 g/mol. The summed E-state index contributed by atoms with van der Waals surface area (Å²) in [4.78, 5) is 11.8. The maximum Gasteiger partial charge on any atom is 0.272 e. The van der Waals surface area contributed by atoms with Crippen LogP contribution < -0.4 is 10.6 Å². The van der Waals surface area contributed by atoms with Gasteiger partial charge in [0.05, 0.1) is 0 Å². The lowest BCUT2D eigenvalue weighted by atomic mass is 10.3. The fourth-order valence-electron chi connectivity index (χ4n) is 1.92. The van der Waals surface area contributed by atoms with Gasteiger partial charge in [0.25, 0.3) is 5.91 Å². The first-order chi connectivity index (χ1) is 8.74. The lowest BCUT2D eigenvalue weighted by Gasteiger charge is -2.05. The lowest BCUT2D eigenvalue weighted by molar-refractivity contribution is 0.0943. The molecule has 1 fully saturated rings. The third kappa shape index (κ3) is 3.18. The fraction of sp³-hybridized carbons (Fsp3) is 0.615. The summed E-state index contributed by atoms with van der Waals surface area (Å²) in [5.41, 5.74) is 0.388. The van der Waals surface area contributed by atoms with Crippen LogP contribution in [0.15, 0.2) is 12.1 Å². The molecule has 0 aliphatic heterocycles. The van der Waals surface area contributed by atoms with E-state index in [1.807, 2.05) is 0 Å². The topological polar surface area (TPSA) is 66.9 Å². The largest absolute Gasteiger partial charge is 0.369 e. The average Bonchev–Trinajstić information content (AvgIpc) is 3.15. The van der Waals surface area contributed by atoms with Crippen molar-refractivity contribution in [2.45, 2.75) is 39.2 Å². The molecule has 1 aliphatic carbocycles. The van der Waals surface area contributed by atoms with Crippen LogP contribution in [0.4, 0.5) is 5.82 Å². The molecule has 0 radical (unpaired) electrons. The molecule has 5 heteroatoms. The van der Waals surface area contributed by atoms with Crippen molar-refractivity contribution in [3.05, 3.63) is 17.8 Å². The Kier molecular flexibility index (Phi) is 4.12. The number of rotatable bonds is 6. The van der Waals surface area contributed by atoms with E-state index in [9.17, 15) is 4.79 Å². The zero-order valence-electron chi connectivity index (χ0n) is 10.9. The van der Waals surface area contributed by atoms with E-state index >= 15 is 0 Å². The van der Waals surface area contributed by atoms with Crippen molar-refractivity contribution < 1.29 is 4.79 Å². The molecule has 0 bridgehead atoms. The van der Waals surface area contributed by atoms with Crippen LogP contribution in [0.3, 0.4) is 0 Å². The summed E-state index contributed by atoms with van der Waals surface area (Å²) in [6.07, 6.45) is 3.24. The Bertz CT molecular complexity index is 404. The van der Waals surface area contributed by atoms with Gasteiger partial charge in [0, 0.05) is 12.6 Å². The second kappa shape index (κ2) is 5.80. The third-order valence-electron chi connectivity index (χ3n) is 3.22. The predicted octanol–water partition coefficient (Wildman–Crippen LogP) is 1.83. The highest BCUT2D eigenvalue weighted by atomic mass is 16.2. The van der Waals surface area contributed by atoms with Crippen LogP contribution >= 0.6 is 0 Å². The van der Waals surface area contributed by atoms with E-state index < -0.39 is 0 Å². The Labute approximate surface area is 107 Å². The normalized spacial score (nSPS) is 21.4. The minimum atomic E-state index is -0.120. The van der Waals surface area contributed by atoms with Gasteiger partial charge in [-0.15, -0.1) is 10.2 Å². The molecule has 1 aliphatic rings. The lowest BCUT2D eigenvalue weighted by Crippen LogP contribution is -2.27. The highest BCUT2D eigenvalue weighted by Gasteiger charge is 2.36. The second-order valence-corrected chi connectivity index (χ2v) is 4.71. The van der Waals surface area contributed by atoms with Gasteiger partial charge in [-0.2, -0.15) is 0 Å². The molecule has 2 atom stereocenters. The number of anilines is 1. The number of carbonyl (C=O) groups excluding carboxylic acids is 1. The summed E-state index contributed by atoms with van der Waals surface area (Å²) >= 11 is 0. The first kappa shape index (κ1) is 12.8. The molecule has 5 nitrogen and oxygen atoms in total. The molecular formula is C13H20N4O. The van der Waals surface area contributed by atoms with Gasteiger partial charge in [-0.3, -0.25) is 4.79 Å². The smallest absolute Gasteiger partial charge is 0.272 e. The maximum atomic E-state index is 11.8. The first-order valence-corrected chi connectivity index (χ1v) is 6.63. The second-order valence-electron chi connectivity index (χ2n) is 4.71. The van der Waals surface area contributed by atoms with Crippen LogP contribution in [0.5, 0.6) is 0 Å². The van der Waals surface area contributed by atoms with Crippen LogP contribution in [-0.4, -0.2) is 28.7 Å². The van der Waals surface area contributed by atoms with Crippen LogP contribution in [0.1, 0.15) is 43.6 Å². The third-order valence-corrected chi connectivity index (χ3v) is 3.22. The molecule has 0 spiro atoms. The monoisotopic (exact) mass is 248 g/mol. The van der Waals surface area contributed by atoms with Crippen molar-refractivity contribution in [1.82, 2.24) is 15.5 Å². The molecule has 1 aromatic heterocycles. The van der Waals surface area contributed by atoms with Gasteiger partial charge in [0.1, 0.15) is 5.82 Å².